The first kappa shape index (κ1) is 13.4. The zero-order valence-electron chi connectivity index (χ0n) is 10.9. The first-order chi connectivity index (χ1) is 8.63. The second kappa shape index (κ2) is 5.72. The van der Waals surface area contributed by atoms with Crippen molar-refractivity contribution in [3.63, 3.8) is 0 Å². The molecule has 0 unspecified atom stereocenters. The number of halogens is 1. The highest BCUT2D eigenvalue weighted by atomic mass is 35.5. The topological polar surface area (TPSA) is 23.6 Å². The van der Waals surface area contributed by atoms with Gasteiger partial charge in [-0.1, -0.05) is 24.6 Å². The summed E-state index contributed by atoms with van der Waals surface area (Å²) in [5, 5.41) is 0.660. The summed E-state index contributed by atoms with van der Waals surface area (Å²) in [5.74, 6) is 0.103. The van der Waals surface area contributed by atoms with E-state index in [1.165, 1.54) is 0 Å². The molecular weight excluding hydrogens is 248 g/mol. The second-order valence-electron chi connectivity index (χ2n) is 4.64. The summed E-state index contributed by atoms with van der Waals surface area (Å²) < 4.78 is 0. The van der Waals surface area contributed by atoms with E-state index in [9.17, 15) is 4.79 Å². The number of carbonyl (C=O) groups excluding carboxylic acids is 1. The molecule has 0 aromatic heterocycles. The maximum absolute atomic E-state index is 12.4. The highest BCUT2D eigenvalue weighted by molar-refractivity contribution is 6.31. The smallest absolute Gasteiger partial charge is 0.254 e. The summed E-state index contributed by atoms with van der Waals surface area (Å²) in [5.41, 5.74) is 1.61. The largest absolute Gasteiger partial charge is 0.336 e. The van der Waals surface area contributed by atoms with E-state index in [0.717, 1.165) is 43.9 Å². The number of carbonyl (C=O) groups is 1. The molecule has 0 atom stereocenters. The minimum atomic E-state index is 0.103. The Morgan fingerprint density at radius 1 is 1.28 bits per heavy atom. The number of nitrogens with zero attached hydrogens (tertiary/aromatic N) is 2. The lowest BCUT2D eigenvalue weighted by atomic mass is 10.1. The molecule has 0 aliphatic carbocycles. The Morgan fingerprint density at radius 3 is 2.56 bits per heavy atom. The predicted octanol–water partition coefficient (Wildman–Crippen LogP) is 2.43. The molecule has 0 spiro atoms. The molecule has 0 N–H and O–H groups in total. The van der Waals surface area contributed by atoms with Crippen molar-refractivity contribution in [1.82, 2.24) is 9.80 Å². The molecule has 18 heavy (non-hydrogen) atoms. The van der Waals surface area contributed by atoms with Crippen LogP contribution in [0.15, 0.2) is 18.2 Å². The molecule has 1 fully saturated rings. The minimum Gasteiger partial charge on any atom is -0.336 e. The standard InChI is InChI=1S/C14H19ClN2O/c1-3-16-7-9-17(10-8-16)14(18)12-5-4-6-13(15)11(12)2/h4-6H,3,7-10H2,1-2H3. The van der Waals surface area contributed by atoms with Crippen LogP contribution in [0.1, 0.15) is 22.8 Å². The van der Waals surface area contributed by atoms with Crippen LogP contribution >= 0.6 is 11.6 Å². The third-order valence-electron chi connectivity index (χ3n) is 3.60. The molecule has 1 aromatic carbocycles. The van der Waals surface area contributed by atoms with Gasteiger partial charge in [-0.2, -0.15) is 0 Å². The Kier molecular flexibility index (Phi) is 4.25. The van der Waals surface area contributed by atoms with E-state index in [4.69, 9.17) is 11.6 Å². The van der Waals surface area contributed by atoms with Crippen LogP contribution in [0.3, 0.4) is 0 Å². The number of likely N-dealkylation sites (N-methyl/N-ethyl adjacent to an activating group) is 1. The molecule has 1 amide bonds. The molecule has 0 saturated carbocycles. The van der Waals surface area contributed by atoms with Crippen molar-refractivity contribution in [3.05, 3.63) is 34.3 Å². The summed E-state index contributed by atoms with van der Waals surface area (Å²) in [6.07, 6.45) is 0. The maximum Gasteiger partial charge on any atom is 0.254 e. The van der Waals surface area contributed by atoms with Gasteiger partial charge in [0.05, 0.1) is 0 Å². The summed E-state index contributed by atoms with van der Waals surface area (Å²) in [7, 11) is 0. The van der Waals surface area contributed by atoms with Gasteiger partial charge in [-0.05, 0) is 31.2 Å². The monoisotopic (exact) mass is 266 g/mol. The van der Waals surface area contributed by atoms with Gasteiger partial charge in [-0.3, -0.25) is 4.79 Å². The van der Waals surface area contributed by atoms with Crippen molar-refractivity contribution < 1.29 is 4.79 Å². The molecule has 98 valence electrons. The fourth-order valence-electron chi connectivity index (χ4n) is 2.28. The number of hydrogen-bond acceptors (Lipinski definition) is 2. The quantitative estimate of drug-likeness (QED) is 0.821. The summed E-state index contributed by atoms with van der Waals surface area (Å²) in [6.45, 7) is 8.63. The third kappa shape index (κ3) is 2.68. The Morgan fingerprint density at radius 2 is 1.94 bits per heavy atom. The molecule has 2 rings (SSSR count). The average Bonchev–Trinajstić information content (AvgIpc) is 2.41. The predicted molar refractivity (Wildman–Crippen MR) is 74.2 cm³/mol. The van der Waals surface area contributed by atoms with Crippen LogP contribution in [-0.2, 0) is 0 Å². The van der Waals surface area contributed by atoms with Crippen molar-refractivity contribution in [2.24, 2.45) is 0 Å². The molecule has 3 nitrogen and oxygen atoms in total. The van der Waals surface area contributed by atoms with Gasteiger partial charge >= 0.3 is 0 Å². The second-order valence-corrected chi connectivity index (χ2v) is 5.05. The number of piperazine rings is 1. The first-order valence-electron chi connectivity index (χ1n) is 6.40. The Hall–Kier alpha value is -1.06. The molecule has 0 bridgehead atoms. The van der Waals surface area contributed by atoms with Crippen LogP contribution in [-0.4, -0.2) is 48.4 Å². The lowest BCUT2D eigenvalue weighted by molar-refractivity contribution is 0.0642. The maximum atomic E-state index is 12.4. The number of benzene rings is 1. The van der Waals surface area contributed by atoms with Crippen LogP contribution in [0.2, 0.25) is 5.02 Å². The molecule has 1 aliphatic rings. The van der Waals surface area contributed by atoms with Crippen LogP contribution in [0.4, 0.5) is 0 Å². The van der Waals surface area contributed by atoms with Gasteiger partial charge in [0.25, 0.3) is 5.91 Å². The third-order valence-corrected chi connectivity index (χ3v) is 4.01. The van der Waals surface area contributed by atoms with E-state index in [1.807, 2.05) is 30.0 Å². The van der Waals surface area contributed by atoms with Crippen LogP contribution in [0.5, 0.6) is 0 Å². The Labute approximate surface area is 113 Å². The molecule has 1 heterocycles. The molecular formula is C14H19ClN2O. The number of hydrogen-bond donors (Lipinski definition) is 0. The summed E-state index contributed by atoms with van der Waals surface area (Å²) >= 11 is 6.06. The SMILES string of the molecule is CCN1CCN(C(=O)c2cccc(Cl)c2C)CC1. The van der Waals surface area contributed by atoms with E-state index < -0.39 is 0 Å². The average molecular weight is 267 g/mol. The molecule has 4 heteroatoms. The van der Waals surface area contributed by atoms with Crippen LogP contribution < -0.4 is 0 Å². The Balaban J connectivity index is 2.10. The van der Waals surface area contributed by atoms with E-state index in [2.05, 4.69) is 11.8 Å². The van der Waals surface area contributed by atoms with Gasteiger partial charge in [0.1, 0.15) is 0 Å². The molecule has 1 aliphatic heterocycles. The van der Waals surface area contributed by atoms with Gasteiger partial charge in [-0.25, -0.2) is 0 Å². The van der Waals surface area contributed by atoms with Gasteiger partial charge < -0.3 is 9.80 Å². The van der Waals surface area contributed by atoms with E-state index in [-0.39, 0.29) is 5.91 Å². The lowest BCUT2D eigenvalue weighted by Crippen LogP contribution is -2.48. The molecule has 1 saturated heterocycles. The van der Waals surface area contributed by atoms with Gasteiger partial charge in [-0.15, -0.1) is 0 Å². The summed E-state index contributed by atoms with van der Waals surface area (Å²) in [6, 6.07) is 5.52. The van der Waals surface area contributed by atoms with Crippen molar-refractivity contribution in [1.29, 1.82) is 0 Å². The lowest BCUT2D eigenvalue weighted by Gasteiger charge is -2.34. The summed E-state index contributed by atoms with van der Waals surface area (Å²) in [4.78, 5) is 16.7. The van der Waals surface area contributed by atoms with Crippen molar-refractivity contribution >= 4 is 17.5 Å². The van der Waals surface area contributed by atoms with Gasteiger partial charge in [0, 0.05) is 36.8 Å². The number of amides is 1. The highest BCUT2D eigenvalue weighted by Crippen LogP contribution is 2.20. The highest BCUT2D eigenvalue weighted by Gasteiger charge is 2.22. The van der Waals surface area contributed by atoms with E-state index >= 15 is 0 Å². The van der Waals surface area contributed by atoms with Crippen LogP contribution in [0, 0.1) is 6.92 Å². The van der Waals surface area contributed by atoms with Crippen molar-refractivity contribution in [2.45, 2.75) is 13.8 Å². The fourth-order valence-corrected chi connectivity index (χ4v) is 2.45. The zero-order valence-corrected chi connectivity index (χ0v) is 11.7. The van der Waals surface area contributed by atoms with Crippen molar-refractivity contribution in [2.75, 3.05) is 32.7 Å². The van der Waals surface area contributed by atoms with Gasteiger partial charge in [0.2, 0.25) is 0 Å². The zero-order chi connectivity index (χ0) is 13.1. The minimum absolute atomic E-state index is 0.103. The van der Waals surface area contributed by atoms with Crippen LogP contribution in [0.25, 0.3) is 0 Å². The fraction of sp³-hybridized carbons (Fsp3) is 0.500. The van der Waals surface area contributed by atoms with Gasteiger partial charge in [0.15, 0.2) is 0 Å². The van der Waals surface area contributed by atoms with Crippen molar-refractivity contribution in [3.8, 4) is 0 Å². The first-order valence-corrected chi connectivity index (χ1v) is 6.78. The molecule has 1 aromatic rings. The Bertz CT molecular complexity index is 439. The normalized spacial score (nSPS) is 16.9. The van der Waals surface area contributed by atoms with E-state index in [0.29, 0.717) is 5.02 Å². The molecule has 0 radical (unpaired) electrons. The number of rotatable bonds is 2. The van der Waals surface area contributed by atoms with E-state index in [1.54, 1.807) is 0 Å².